The molecule has 0 radical (unpaired) electrons. The van der Waals surface area contributed by atoms with Crippen LogP contribution in [0.15, 0.2) is 34.1 Å². The van der Waals surface area contributed by atoms with E-state index in [-0.39, 0.29) is 24.9 Å². The van der Waals surface area contributed by atoms with Crippen molar-refractivity contribution in [1.29, 1.82) is 0 Å². The second-order valence-corrected chi connectivity index (χ2v) is 7.98. The lowest BCUT2D eigenvalue weighted by Crippen LogP contribution is -2.42. The van der Waals surface area contributed by atoms with E-state index in [4.69, 9.17) is 0 Å². The molecule has 0 unspecified atom stereocenters. The summed E-state index contributed by atoms with van der Waals surface area (Å²) in [6.45, 7) is -0.360. The number of thiazole rings is 1. The second kappa shape index (κ2) is 8.06. The number of nitrogens with one attached hydrogen (secondary N) is 1. The molecule has 1 fully saturated rings. The van der Waals surface area contributed by atoms with Gasteiger partial charge in [-0.05, 0) is 38.1 Å². The highest BCUT2D eigenvalue weighted by Crippen LogP contribution is 2.28. The summed E-state index contributed by atoms with van der Waals surface area (Å²) in [5.41, 5.74) is 1.71. The van der Waals surface area contributed by atoms with Crippen molar-refractivity contribution in [2.24, 2.45) is 5.92 Å². The van der Waals surface area contributed by atoms with Crippen LogP contribution in [-0.2, 0) is 4.79 Å². The molecule has 3 rings (SSSR count). The van der Waals surface area contributed by atoms with Crippen LogP contribution in [0.1, 0.15) is 12.8 Å². The summed E-state index contributed by atoms with van der Waals surface area (Å²) in [6, 6.07) is 7.70. The molecular weight excluding hydrogens is 431 g/mol. The van der Waals surface area contributed by atoms with Gasteiger partial charge in [0.2, 0.25) is 5.91 Å². The number of carbonyl (C=O) groups excluding carboxylic acids is 1. The van der Waals surface area contributed by atoms with Crippen molar-refractivity contribution in [2.45, 2.75) is 19.0 Å². The zero-order chi connectivity index (χ0) is 18.7. The Hall–Kier alpha value is -1.45. The molecule has 2 heterocycles. The summed E-state index contributed by atoms with van der Waals surface area (Å²) in [7, 11) is 0. The number of piperidine rings is 1. The Kier molecular flexibility index (Phi) is 5.99. The van der Waals surface area contributed by atoms with Gasteiger partial charge in [0, 0.05) is 21.3 Å². The summed E-state index contributed by atoms with van der Waals surface area (Å²) in [4.78, 5) is 18.1. The molecular formula is C17H17BrF3N3OS. The predicted octanol–water partition coefficient (Wildman–Crippen LogP) is 4.79. The lowest BCUT2D eigenvalue weighted by atomic mass is 9.96. The topological polar surface area (TPSA) is 45.2 Å². The number of halogens is 4. The van der Waals surface area contributed by atoms with Gasteiger partial charge in [-0.25, -0.2) is 4.98 Å². The smallest absolute Gasteiger partial charge is 0.302 e. The minimum Gasteiger partial charge on any atom is -0.302 e. The number of nitrogens with zero attached hydrogens (tertiary/aromatic N) is 2. The minimum absolute atomic E-state index is 0.174. The van der Waals surface area contributed by atoms with Crippen LogP contribution in [0.25, 0.3) is 11.3 Å². The number of alkyl halides is 3. The van der Waals surface area contributed by atoms with E-state index in [0.717, 1.165) is 15.7 Å². The van der Waals surface area contributed by atoms with Gasteiger partial charge >= 0.3 is 6.18 Å². The van der Waals surface area contributed by atoms with Gasteiger partial charge in [0.1, 0.15) is 0 Å². The normalized spacial score (nSPS) is 16.6. The van der Waals surface area contributed by atoms with E-state index in [0.29, 0.717) is 18.0 Å². The molecule has 0 saturated carbocycles. The maximum atomic E-state index is 12.4. The third-order valence-corrected chi connectivity index (χ3v) is 5.47. The molecule has 1 aromatic carbocycles. The molecule has 140 valence electrons. The third kappa shape index (κ3) is 5.28. The molecule has 1 aromatic heterocycles. The minimum atomic E-state index is -4.20. The van der Waals surface area contributed by atoms with Crippen LogP contribution >= 0.6 is 27.3 Å². The fourth-order valence-electron chi connectivity index (χ4n) is 2.93. The monoisotopic (exact) mass is 447 g/mol. The van der Waals surface area contributed by atoms with E-state index in [9.17, 15) is 18.0 Å². The number of likely N-dealkylation sites (tertiary alicyclic amines) is 1. The lowest BCUT2D eigenvalue weighted by molar-refractivity contribution is -0.149. The van der Waals surface area contributed by atoms with Crippen LogP contribution in [0.2, 0.25) is 0 Å². The number of benzene rings is 1. The Morgan fingerprint density at radius 2 is 2.08 bits per heavy atom. The van der Waals surface area contributed by atoms with Crippen molar-refractivity contribution in [1.82, 2.24) is 9.88 Å². The average Bonchev–Trinajstić information content (AvgIpc) is 3.02. The van der Waals surface area contributed by atoms with E-state index in [1.54, 1.807) is 0 Å². The molecule has 1 aliphatic rings. The van der Waals surface area contributed by atoms with Crippen molar-refractivity contribution >= 4 is 38.3 Å². The molecule has 26 heavy (non-hydrogen) atoms. The zero-order valence-electron chi connectivity index (χ0n) is 13.7. The summed E-state index contributed by atoms with van der Waals surface area (Å²) in [5, 5.41) is 5.16. The van der Waals surface area contributed by atoms with Gasteiger partial charge in [0.05, 0.1) is 12.2 Å². The van der Waals surface area contributed by atoms with Crippen molar-refractivity contribution in [3.05, 3.63) is 34.1 Å². The quantitative estimate of drug-likeness (QED) is 0.732. The van der Waals surface area contributed by atoms with E-state index >= 15 is 0 Å². The molecule has 0 atom stereocenters. The second-order valence-electron chi connectivity index (χ2n) is 6.20. The first-order valence-electron chi connectivity index (χ1n) is 8.11. The first kappa shape index (κ1) is 19.3. The molecule has 0 bridgehead atoms. The summed E-state index contributed by atoms with van der Waals surface area (Å²) >= 11 is 4.75. The number of carbonyl (C=O) groups is 1. The van der Waals surface area contributed by atoms with E-state index in [2.05, 4.69) is 26.2 Å². The van der Waals surface area contributed by atoms with Crippen molar-refractivity contribution < 1.29 is 18.0 Å². The van der Waals surface area contributed by atoms with Crippen LogP contribution in [0.4, 0.5) is 18.3 Å². The zero-order valence-corrected chi connectivity index (χ0v) is 16.1. The molecule has 9 heteroatoms. The third-order valence-electron chi connectivity index (χ3n) is 4.22. The maximum absolute atomic E-state index is 12.4. The van der Waals surface area contributed by atoms with Crippen LogP contribution in [0.3, 0.4) is 0 Å². The Morgan fingerprint density at radius 1 is 1.35 bits per heavy atom. The Bertz CT molecular complexity index is 773. The highest BCUT2D eigenvalue weighted by molar-refractivity contribution is 9.10. The lowest BCUT2D eigenvalue weighted by Gasteiger charge is -2.31. The number of amides is 1. The van der Waals surface area contributed by atoms with Crippen LogP contribution < -0.4 is 5.32 Å². The van der Waals surface area contributed by atoms with E-state index in [1.165, 1.54) is 16.2 Å². The Morgan fingerprint density at radius 3 is 2.73 bits per heavy atom. The largest absolute Gasteiger partial charge is 0.401 e. The molecule has 4 nitrogen and oxygen atoms in total. The standard InChI is InChI=1S/C17H17BrF3N3OS/c18-13-3-1-2-12(8-13)14-9-26-16(22-14)23-15(25)11-4-6-24(7-5-11)10-17(19,20)21/h1-3,8-9,11H,4-7,10H2,(H,22,23,25). The first-order chi connectivity index (χ1) is 12.3. The number of hydrogen-bond acceptors (Lipinski definition) is 4. The van der Waals surface area contributed by atoms with Crippen LogP contribution in [0.5, 0.6) is 0 Å². The van der Waals surface area contributed by atoms with E-state index < -0.39 is 12.7 Å². The maximum Gasteiger partial charge on any atom is 0.401 e. The molecule has 1 saturated heterocycles. The van der Waals surface area contributed by atoms with E-state index in [1.807, 2.05) is 29.6 Å². The fourth-order valence-corrected chi connectivity index (χ4v) is 4.05. The van der Waals surface area contributed by atoms with Crippen molar-refractivity contribution in [3.8, 4) is 11.3 Å². The van der Waals surface area contributed by atoms with Crippen molar-refractivity contribution in [3.63, 3.8) is 0 Å². The van der Waals surface area contributed by atoms with Gasteiger partial charge < -0.3 is 5.32 Å². The summed E-state index contributed by atoms with van der Waals surface area (Å²) in [6.07, 6.45) is -3.35. The highest BCUT2D eigenvalue weighted by Gasteiger charge is 2.34. The van der Waals surface area contributed by atoms with Gasteiger partial charge in [0.25, 0.3) is 0 Å². The first-order valence-corrected chi connectivity index (χ1v) is 9.79. The SMILES string of the molecule is O=C(Nc1nc(-c2cccc(Br)c2)cs1)C1CCN(CC(F)(F)F)CC1. The van der Waals surface area contributed by atoms with Gasteiger partial charge in [-0.3, -0.25) is 9.69 Å². The van der Waals surface area contributed by atoms with Gasteiger partial charge in [0.15, 0.2) is 5.13 Å². The number of hydrogen-bond donors (Lipinski definition) is 1. The number of aromatic nitrogens is 1. The van der Waals surface area contributed by atoms with Crippen LogP contribution in [-0.4, -0.2) is 41.6 Å². The summed E-state index contributed by atoms with van der Waals surface area (Å²) < 4.78 is 38.2. The van der Waals surface area contributed by atoms with Crippen LogP contribution in [0, 0.1) is 5.92 Å². The Labute approximate surface area is 161 Å². The Balaban J connectivity index is 1.55. The molecule has 1 N–H and O–H groups in total. The number of anilines is 1. The van der Waals surface area contributed by atoms with Gasteiger partial charge in [-0.2, -0.15) is 13.2 Å². The predicted molar refractivity (Wildman–Crippen MR) is 99.1 cm³/mol. The number of rotatable bonds is 4. The fraction of sp³-hybridized carbons (Fsp3) is 0.412. The van der Waals surface area contributed by atoms with Crippen molar-refractivity contribution in [2.75, 3.05) is 25.0 Å². The average molecular weight is 448 g/mol. The van der Waals surface area contributed by atoms with Gasteiger partial charge in [-0.15, -0.1) is 11.3 Å². The molecule has 0 spiro atoms. The molecule has 1 amide bonds. The molecule has 2 aromatic rings. The van der Waals surface area contributed by atoms with Gasteiger partial charge in [-0.1, -0.05) is 28.1 Å². The summed E-state index contributed by atoms with van der Waals surface area (Å²) in [5.74, 6) is -0.454. The molecule has 1 aliphatic heterocycles. The molecule has 0 aliphatic carbocycles. The highest BCUT2D eigenvalue weighted by atomic mass is 79.9.